The molecule has 0 aromatic heterocycles. The Morgan fingerprint density at radius 3 is 2.93 bits per heavy atom. The Morgan fingerprint density at radius 2 is 2.24 bits per heavy atom. The summed E-state index contributed by atoms with van der Waals surface area (Å²) in [5, 5.41) is 0.741. The molecule has 3 atom stereocenters. The number of hydrogen-bond acceptors (Lipinski definition) is 4. The number of ether oxygens (including phenoxy) is 1. The summed E-state index contributed by atoms with van der Waals surface area (Å²) in [5.41, 5.74) is 10.6. The van der Waals surface area contributed by atoms with Crippen molar-refractivity contribution >= 4 is 23.1 Å². The van der Waals surface area contributed by atoms with Crippen LogP contribution in [0.3, 0.4) is 0 Å². The Morgan fingerprint density at radius 1 is 1.45 bits per heavy atom. The number of nitrogens with two attached hydrogens (primary N) is 1. The summed E-state index contributed by atoms with van der Waals surface area (Å²) in [4.78, 5) is 7.16. The SMILES string of the molecule is C=C1CC23CCC(OC)CC2(CN(C)C(N)=N3)/C1=C/C(=C\C)c1cccc(Cl)c1. The van der Waals surface area contributed by atoms with Gasteiger partial charge in [0.1, 0.15) is 0 Å². The summed E-state index contributed by atoms with van der Waals surface area (Å²) in [6.45, 7) is 7.38. The molecule has 0 spiro atoms. The van der Waals surface area contributed by atoms with E-state index in [4.69, 9.17) is 27.1 Å². The van der Waals surface area contributed by atoms with E-state index in [0.29, 0.717) is 5.96 Å². The molecule has 154 valence electrons. The smallest absolute Gasteiger partial charge is 0.191 e. The van der Waals surface area contributed by atoms with Gasteiger partial charge in [-0.3, -0.25) is 0 Å². The molecule has 2 aliphatic carbocycles. The Balaban J connectivity index is 1.86. The van der Waals surface area contributed by atoms with Crippen molar-refractivity contribution in [2.24, 2.45) is 16.1 Å². The lowest BCUT2D eigenvalue weighted by molar-refractivity contribution is -0.0198. The molecule has 3 unspecified atom stereocenters. The fourth-order valence-corrected chi connectivity index (χ4v) is 5.80. The first kappa shape index (κ1) is 20.2. The van der Waals surface area contributed by atoms with Gasteiger partial charge in [0.2, 0.25) is 0 Å². The van der Waals surface area contributed by atoms with E-state index in [1.165, 1.54) is 5.57 Å². The molecular formula is C24H30ClN3O. The van der Waals surface area contributed by atoms with E-state index in [-0.39, 0.29) is 17.1 Å². The van der Waals surface area contributed by atoms with Crippen LogP contribution in [0.5, 0.6) is 0 Å². The highest BCUT2D eigenvalue weighted by Gasteiger charge is 2.63. The first-order chi connectivity index (χ1) is 13.8. The summed E-state index contributed by atoms with van der Waals surface area (Å²) in [7, 11) is 3.84. The van der Waals surface area contributed by atoms with E-state index < -0.39 is 0 Å². The van der Waals surface area contributed by atoms with E-state index in [1.807, 2.05) is 32.4 Å². The maximum Gasteiger partial charge on any atom is 0.191 e. The van der Waals surface area contributed by atoms with Crippen LogP contribution in [0.2, 0.25) is 5.02 Å². The third-order valence-electron chi connectivity index (χ3n) is 7.08. The van der Waals surface area contributed by atoms with Crippen molar-refractivity contribution in [2.75, 3.05) is 20.7 Å². The van der Waals surface area contributed by atoms with Crippen LogP contribution in [0.1, 0.15) is 38.2 Å². The second-order valence-electron chi connectivity index (χ2n) is 8.63. The Labute approximate surface area is 178 Å². The van der Waals surface area contributed by atoms with Crippen molar-refractivity contribution in [1.29, 1.82) is 0 Å². The van der Waals surface area contributed by atoms with Gasteiger partial charge in [0, 0.05) is 31.1 Å². The highest BCUT2D eigenvalue weighted by atomic mass is 35.5. The molecule has 1 aromatic rings. The number of allylic oxidation sites excluding steroid dienone is 3. The van der Waals surface area contributed by atoms with Crippen molar-refractivity contribution in [3.8, 4) is 0 Å². The first-order valence-corrected chi connectivity index (χ1v) is 10.6. The molecule has 4 rings (SSSR count). The van der Waals surface area contributed by atoms with Crippen LogP contribution < -0.4 is 5.73 Å². The van der Waals surface area contributed by atoms with Crippen LogP contribution in [0.25, 0.3) is 5.57 Å². The molecule has 2 N–H and O–H groups in total. The maximum absolute atomic E-state index is 6.30. The number of aliphatic imine (C=N–C) groups is 1. The highest BCUT2D eigenvalue weighted by molar-refractivity contribution is 6.30. The number of guanidine groups is 1. The lowest BCUT2D eigenvalue weighted by Crippen LogP contribution is -2.61. The summed E-state index contributed by atoms with van der Waals surface area (Å²) in [5.74, 6) is 0.631. The number of halogens is 1. The number of benzene rings is 1. The number of rotatable bonds is 3. The van der Waals surface area contributed by atoms with Crippen LogP contribution in [0.4, 0.5) is 0 Å². The molecule has 1 aliphatic heterocycles. The maximum atomic E-state index is 6.30. The van der Waals surface area contributed by atoms with Gasteiger partial charge in [-0.2, -0.15) is 0 Å². The van der Waals surface area contributed by atoms with Crippen molar-refractivity contribution < 1.29 is 4.74 Å². The number of nitrogens with zero attached hydrogens (tertiary/aromatic N) is 2. The summed E-state index contributed by atoms with van der Waals surface area (Å²) < 4.78 is 5.83. The van der Waals surface area contributed by atoms with Crippen LogP contribution in [-0.2, 0) is 4.74 Å². The molecule has 1 heterocycles. The first-order valence-electron chi connectivity index (χ1n) is 10.3. The molecule has 0 bridgehead atoms. The quantitative estimate of drug-likeness (QED) is 0.776. The minimum Gasteiger partial charge on any atom is -0.381 e. The monoisotopic (exact) mass is 411 g/mol. The van der Waals surface area contributed by atoms with E-state index in [2.05, 4.69) is 36.6 Å². The summed E-state index contributed by atoms with van der Waals surface area (Å²) >= 11 is 6.26. The summed E-state index contributed by atoms with van der Waals surface area (Å²) in [6.07, 6.45) is 8.43. The van der Waals surface area contributed by atoms with Crippen LogP contribution in [0, 0.1) is 5.41 Å². The van der Waals surface area contributed by atoms with Crippen molar-refractivity contribution in [3.05, 3.63) is 64.7 Å². The Bertz CT molecular complexity index is 934. The molecule has 0 saturated heterocycles. The van der Waals surface area contributed by atoms with E-state index in [9.17, 15) is 0 Å². The second-order valence-corrected chi connectivity index (χ2v) is 9.07. The van der Waals surface area contributed by atoms with Gasteiger partial charge in [0.05, 0.1) is 11.6 Å². The number of methoxy groups -OCH3 is 1. The minimum atomic E-state index is -0.214. The molecule has 2 saturated carbocycles. The molecule has 2 fully saturated rings. The molecule has 29 heavy (non-hydrogen) atoms. The molecular weight excluding hydrogens is 382 g/mol. The van der Waals surface area contributed by atoms with Gasteiger partial charge in [-0.1, -0.05) is 42.5 Å². The summed E-state index contributed by atoms with van der Waals surface area (Å²) in [6, 6.07) is 8.01. The topological polar surface area (TPSA) is 50.9 Å². The van der Waals surface area contributed by atoms with Gasteiger partial charge in [0.15, 0.2) is 5.96 Å². The van der Waals surface area contributed by atoms with E-state index >= 15 is 0 Å². The normalized spacial score (nSPS) is 33.5. The van der Waals surface area contributed by atoms with Crippen LogP contribution in [-0.4, -0.2) is 43.2 Å². The van der Waals surface area contributed by atoms with Crippen molar-refractivity contribution in [3.63, 3.8) is 0 Å². The average Bonchev–Trinajstić information content (AvgIpc) is 2.92. The fraction of sp³-hybridized carbons (Fsp3) is 0.458. The molecule has 0 radical (unpaired) electrons. The fourth-order valence-electron chi connectivity index (χ4n) is 5.61. The van der Waals surface area contributed by atoms with Gasteiger partial charge in [-0.05, 0) is 67.0 Å². The van der Waals surface area contributed by atoms with Crippen LogP contribution >= 0.6 is 11.6 Å². The molecule has 3 aliphatic rings. The van der Waals surface area contributed by atoms with Crippen molar-refractivity contribution in [1.82, 2.24) is 4.90 Å². The van der Waals surface area contributed by atoms with Crippen molar-refractivity contribution in [2.45, 2.75) is 44.2 Å². The second kappa shape index (κ2) is 7.33. The molecule has 4 nitrogen and oxygen atoms in total. The zero-order chi connectivity index (χ0) is 20.8. The molecule has 5 heteroatoms. The van der Waals surface area contributed by atoms with E-state index in [0.717, 1.165) is 54.0 Å². The Kier molecular flexibility index (Phi) is 5.12. The molecule has 1 aromatic carbocycles. The third kappa shape index (κ3) is 3.13. The third-order valence-corrected chi connectivity index (χ3v) is 7.31. The molecule has 0 amide bonds. The van der Waals surface area contributed by atoms with Gasteiger partial charge < -0.3 is 15.4 Å². The zero-order valence-corrected chi connectivity index (χ0v) is 18.3. The number of hydrogen-bond donors (Lipinski definition) is 1. The zero-order valence-electron chi connectivity index (χ0n) is 17.5. The van der Waals surface area contributed by atoms with Crippen LogP contribution in [0.15, 0.2) is 59.1 Å². The minimum absolute atomic E-state index is 0.145. The van der Waals surface area contributed by atoms with E-state index in [1.54, 1.807) is 0 Å². The van der Waals surface area contributed by atoms with Gasteiger partial charge >= 0.3 is 0 Å². The lowest BCUT2D eigenvalue weighted by atomic mass is 9.59. The predicted octanol–water partition coefficient (Wildman–Crippen LogP) is 4.81. The largest absolute Gasteiger partial charge is 0.381 e. The van der Waals surface area contributed by atoms with Gasteiger partial charge in [0.25, 0.3) is 0 Å². The highest BCUT2D eigenvalue weighted by Crippen LogP contribution is 2.63. The Hall–Kier alpha value is -2.04. The predicted molar refractivity (Wildman–Crippen MR) is 121 cm³/mol. The van der Waals surface area contributed by atoms with Gasteiger partial charge in [-0.15, -0.1) is 0 Å². The van der Waals surface area contributed by atoms with Gasteiger partial charge in [-0.25, -0.2) is 4.99 Å². The standard InChI is InChI=1S/C24H30ClN3O/c1-5-17(18-7-6-8-19(25)11-18)12-21-16(2)13-24-10-9-20(29-4)14-23(21,24)15-28(3)22(26)27-24/h5-8,11-12,20H,2,9-10,13-15H2,1,3-4H3,(H2,26,27)/b17-5+,21-12+. The average molecular weight is 412 g/mol. The lowest BCUT2D eigenvalue weighted by Gasteiger charge is -2.54.